The van der Waals surface area contributed by atoms with E-state index in [1.165, 1.54) is 34.9 Å². The van der Waals surface area contributed by atoms with Crippen molar-refractivity contribution in [3.05, 3.63) is 46.7 Å². The third-order valence-corrected chi connectivity index (χ3v) is 7.57. The van der Waals surface area contributed by atoms with Gasteiger partial charge in [-0.2, -0.15) is 4.31 Å². The molecule has 0 radical (unpaired) electrons. The average molecular weight is 513 g/mol. The van der Waals surface area contributed by atoms with E-state index in [1.54, 1.807) is 32.9 Å². The Morgan fingerprint density at radius 3 is 2.29 bits per heavy atom. The van der Waals surface area contributed by atoms with Crippen LogP contribution >= 0.6 is 11.3 Å². The molecule has 34 heavy (non-hydrogen) atoms. The lowest BCUT2D eigenvalue weighted by molar-refractivity contribution is 0.0400. The first kappa shape index (κ1) is 28.1. The number of amides is 1. The van der Waals surface area contributed by atoms with E-state index in [9.17, 15) is 18.3 Å². The van der Waals surface area contributed by atoms with Crippen LogP contribution in [-0.2, 0) is 21.2 Å². The average Bonchev–Trinajstić information content (AvgIpc) is 3.24. The molecule has 0 saturated heterocycles. The van der Waals surface area contributed by atoms with Gasteiger partial charge in [-0.05, 0) is 62.4 Å². The zero-order valence-corrected chi connectivity index (χ0v) is 22.3. The summed E-state index contributed by atoms with van der Waals surface area (Å²) in [6.07, 6.45) is -1.49. The van der Waals surface area contributed by atoms with Gasteiger partial charge in [0.05, 0.1) is 24.2 Å². The third-order valence-electron chi connectivity index (χ3n) is 4.82. The van der Waals surface area contributed by atoms with Crippen molar-refractivity contribution >= 4 is 27.5 Å². The van der Waals surface area contributed by atoms with E-state index in [-0.39, 0.29) is 23.9 Å². The summed E-state index contributed by atoms with van der Waals surface area (Å²) in [5.41, 5.74) is -0.704. The number of methoxy groups -OCH3 is 1. The number of benzene rings is 1. The topological polar surface area (TPSA) is 105 Å². The van der Waals surface area contributed by atoms with Gasteiger partial charge in [0.25, 0.3) is 0 Å². The van der Waals surface area contributed by atoms with Crippen LogP contribution in [0.25, 0.3) is 0 Å². The highest BCUT2D eigenvalue weighted by molar-refractivity contribution is 7.89. The number of nitrogens with one attached hydrogen (secondary N) is 1. The van der Waals surface area contributed by atoms with Crippen LogP contribution in [0.1, 0.15) is 39.5 Å². The molecular weight excluding hydrogens is 476 g/mol. The second kappa shape index (κ2) is 12.0. The highest BCUT2D eigenvalue weighted by Gasteiger charge is 2.32. The van der Waals surface area contributed by atoms with Crippen molar-refractivity contribution in [3.63, 3.8) is 0 Å². The maximum Gasteiger partial charge on any atom is 0.407 e. The van der Waals surface area contributed by atoms with Crippen LogP contribution in [-0.4, -0.2) is 61.9 Å². The summed E-state index contributed by atoms with van der Waals surface area (Å²) in [5.74, 6) is 0.571. The van der Waals surface area contributed by atoms with Crippen LogP contribution in [0, 0.1) is 5.92 Å². The zero-order valence-electron chi connectivity index (χ0n) is 20.6. The Bertz CT molecular complexity index is 999. The predicted octanol–water partition coefficient (Wildman–Crippen LogP) is 3.90. The van der Waals surface area contributed by atoms with Crippen molar-refractivity contribution in [1.29, 1.82) is 0 Å². The second-order valence-corrected chi connectivity index (χ2v) is 12.5. The molecule has 1 heterocycles. The van der Waals surface area contributed by atoms with E-state index < -0.39 is 33.9 Å². The normalized spacial score (nSPS) is 14.1. The van der Waals surface area contributed by atoms with Gasteiger partial charge in [-0.1, -0.05) is 19.9 Å². The molecule has 1 aromatic heterocycles. The van der Waals surface area contributed by atoms with Gasteiger partial charge in [-0.15, -0.1) is 11.3 Å². The Hall–Kier alpha value is -2.14. The smallest absolute Gasteiger partial charge is 0.407 e. The molecule has 0 unspecified atom stereocenters. The molecule has 10 heteroatoms. The Labute approximate surface area is 206 Å². The number of hydrogen-bond acceptors (Lipinski definition) is 7. The minimum absolute atomic E-state index is 0.0229. The van der Waals surface area contributed by atoms with E-state index >= 15 is 0 Å². The number of aliphatic hydroxyl groups excluding tert-OH is 1. The van der Waals surface area contributed by atoms with Crippen molar-refractivity contribution in [3.8, 4) is 5.75 Å². The van der Waals surface area contributed by atoms with Gasteiger partial charge in [-0.25, -0.2) is 13.2 Å². The van der Waals surface area contributed by atoms with Crippen LogP contribution in [0.5, 0.6) is 5.75 Å². The van der Waals surface area contributed by atoms with Gasteiger partial charge in [0.15, 0.2) is 0 Å². The monoisotopic (exact) mass is 512 g/mol. The summed E-state index contributed by atoms with van der Waals surface area (Å²) >= 11 is 1.50. The van der Waals surface area contributed by atoms with E-state index in [2.05, 4.69) is 5.32 Å². The third kappa shape index (κ3) is 8.57. The molecule has 2 aromatic rings. The Kier molecular flexibility index (Phi) is 9.93. The lowest BCUT2D eigenvalue weighted by Gasteiger charge is -2.31. The molecule has 2 N–H and O–H groups in total. The molecular formula is C24H36N2O6S2. The molecule has 0 aliphatic heterocycles. The van der Waals surface area contributed by atoms with Gasteiger partial charge in [0.2, 0.25) is 10.0 Å². The van der Waals surface area contributed by atoms with Crippen LogP contribution in [0.15, 0.2) is 46.7 Å². The van der Waals surface area contributed by atoms with Crippen molar-refractivity contribution < 1.29 is 27.8 Å². The van der Waals surface area contributed by atoms with Crippen LogP contribution in [0.2, 0.25) is 0 Å². The van der Waals surface area contributed by atoms with E-state index in [0.717, 1.165) is 4.88 Å². The Balaban J connectivity index is 2.28. The molecule has 2 rings (SSSR count). The molecule has 0 bridgehead atoms. The summed E-state index contributed by atoms with van der Waals surface area (Å²) < 4.78 is 38.6. The van der Waals surface area contributed by atoms with E-state index in [4.69, 9.17) is 9.47 Å². The summed E-state index contributed by atoms with van der Waals surface area (Å²) in [4.78, 5) is 13.5. The number of sulfonamides is 1. The van der Waals surface area contributed by atoms with Crippen LogP contribution in [0.3, 0.4) is 0 Å². The Morgan fingerprint density at radius 1 is 1.15 bits per heavy atom. The fraction of sp³-hybridized carbons (Fsp3) is 0.542. The number of ether oxygens (including phenoxy) is 2. The number of carbonyl (C=O) groups is 1. The summed E-state index contributed by atoms with van der Waals surface area (Å²) in [6.45, 7) is 9.10. The largest absolute Gasteiger partial charge is 0.497 e. The summed E-state index contributed by atoms with van der Waals surface area (Å²) in [7, 11) is -2.38. The van der Waals surface area contributed by atoms with E-state index in [0.29, 0.717) is 12.2 Å². The first-order chi connectivity index (χ1) is 15.8. The first-order valence-corrected chi connectivity index (χ1v) is 13.5. The summed E-state index contributed by atoms with van der Waals surface area (Å²) in [6, 6.07) is 9.18. The first-order valence-electron chi connectivity index (χ1n) is 11.2. The number of hydrogen-bond donors (Lipinski definition) is 2. The molecule has 1 aromatic carbocycles. The number of nitrogens with zero attached hydrogens (tertiary/aromatic N) is 1. The second-order valence-electron chi connectivity index (χ2n) is 9.49. The van der Waals surface area contributed by atoms with Gasteiger partial charge in [0.1, 0.15) is 11.4 Å². The lowest BCUT2D eigenvalue weighted by Crippen LogP contribution is -2.51. The zero-order chi connectivity index (χ0) is 25.5. The van der Waals surface area contributed by atoms with Crippen molar-refractivity contribution in [1.82, 2.24) is 9.62 Å². The van der Waals surface area contributed by atoms with Crippen molar-refractivity contribution in [2.24, 2.45) is 5.92 Å². The molecule has 0 aliphatic rings. The van der Waals surface area contributed by atoms with Crippen LogP contribution < -0.4 is 10.1 Å². The summed E-state index contributed by atoms with van der Waals surface area (Å²) in [5, 5.41) is 15.8. The molecule has 8 nitrogen and oxygen atoms in total. The van der Waals surface area contributed by atoms with Crippen molar-refractivity contribution in [2.45, 2.75) is 63.7 Å². The molecule has 0 spiro atoms. The highest BCUT2D eigenvalue weighted by atomic mass is 32.2. The fourth-order valence-corrected chi connectivity index (χ4v) is 5.68. The van der Waals surface area contributed by atoms with Gasteiger partial charge >= 0.3 is 6.09 Å². The van der Waals surface area contributed by atoms with Gasteiger partial charge < -0.3 is 19.9 Å². The van der Waals surface area contributed by atoms with E-state index in [1.807, 2.05) is 31.4 Å². The highest BCUT2D eigenvalue weighted by Crippen LogP contribution is 2.22. The maximum absolute atomic E-state index is 13.4. The molecule has 0 saturated carbocycles. The molecule has 2 atom stereocenters. The number of rotatable bonds is 11. The minimum atomic E-state index is -3.89. The number of thiophene rings is 1. The molecule has 190 valence electrons. The number of alkyl carbamates (subject to hydrolysis) is 1. The predicted molar refractivity (Wildman–Crippen MR) is 134 cm³/mol. The van der Waals surface area contributed by atoms with Gasteiger partial charge in [0, 0.05) is 24.4 Å². The van der Waals surface area contributed by atoms with Gasteiger partial charge in [-0.3, -0.25) is 0 Å². The number of aliphatic hydroxyl groups is 1. The number of carbonyl (C=O) groups excluding carboxylic acids is 1. The minimum Gasteiger partial charge on any atom is -0.497 e. The SMILES string of the molecule is COc1ccc(S(=O)(=O)N(CC(C)C)C[C@H](O)[C@@H](Cc2cccs2)NC(=O)OC(C)(C)C)cc1. The fourth-order valence-electron chi connectivity index (χ4n) is 3.30. The molecule has 0 aliphatic carbocycles. The quantitative estimate of drug-likeness (QED) is 0.473. The maximum atomic E-state index is 13.4. The lowest BCUT2D eigenvalue weighted by atomic mass is 10.1. The van der Waals surface area contributed by atoms with Crippen LogP contribution in [0.4, 0.5) is 4.79 Å². The molecule has 0 fully saturated rings. The molecule has 1 amide bonds. The Morgan fingerprint density at radius 2 is 1.79 bits per heavy atom. The standard InChI is InChI=1S/C24H36N2O6S2/c1-17(2)15-26(34(29,30)20-11-9-18(31-6)10-12-20)16-22(27)21(14-19-8-7-13-33-19)25-23(28)32-24(3,4)5/h7-13,17,21-22,27H,14-16H2,1-6H3,(H,25,28)/t21-,22+/m1/s1. The van der Waals surface area contributed by atoms with Crippen molar-refractivity contribution in [2.75, 3.05) is 20.2 Å².